The number of allylic oxidation sites excluding steroid dienone is 1. The average Bonchev–Trinajstić information content (AvgIpc) is 2.35. The molecule has 98 valence electrons. The first-order valence-electron chi connectivity index (χ1n) is 6.56. The Kier molecular flexibility index (Phi) is 6.27. The van der Waals surface area contributed by atoms with Gasteiger partial charge in [-0.3, -0.25) is 4.79 Å². The van der Waals surface area contributed by atoms with Gasteiger partial charge in [0.1, 0.15) is 0 Å². The molecule has 0 amide bonds. The highest BCUT2D eigenvalue weighted by molar-refractivity contribution is 5.73. The Labute approximate surface area is 105 Å². The predicted molar refractivity (Wildman–Crippen MR) is 69.8 cm³/mol. The Morgan fingerprint density at radius 3 is 2.94 bits per heavy atom. The van der Waals surface area contributed by atoms with Crippen LogP contribution in [0.5, 0.6) is 0 Å². The Balaban J connectivity index is 2.43. The highest BCUT2D eigenvalue weighted by Gasteiger charge is 2.33. The van der Waals surface area contributed by atoms with Crippen LogP contribution in [0.1, 0.15) is 32.1 Å². The quantitative estimate of drug-likeness (QED) is 0.405. The molecule has 0 unspecified atom stereocenters. The highest BCUT2D eigenvalue weighted by atomic mass is 16.5. The first-order chi connectivity index (χ1) is 8.19. The molecule has 2 atom stereocenters. The zero-order chi connectivity index (χ0) is 12.7. The maximum absolute atomic E-state index is 11.7. The van der Waals surface area contributed by atoms with E-state index in [1.54, 1.807) is 0 Å². The zero-order valence-electron chi connectivity index (χ0n) is 11.2. The monoisotopic (exact) mass is 239 g/mol. The zero-order valence-corrected chi connectivity index (χ0v) is 11.2. The van der Waals surface area contributed by atoms with Crippen LogP contribution in [0.2, 0.25) is 0 Å². The second-order valence-electron chi connectivity index (χ2n) is 5.01. The molecule has 1 heterocycles. The molecule has 0 spiro atoms. The van der Waals surface area contributed by atoms with E-state index in [-0.39, 0.29) is 11.9 Å². The average molecular weight is 239 g/mol. The summed E-state index contributed by atoms with van der Waals surface area (Å²) < 4.78 is 4.91. The Morgan fingerprint density at radius 1 is 1.53 bits per heavy atom. The van der Waals surface area contributed by atoms with Gasteiger partial charge < -0.3 is 9.64 Å². The van der Waals surface area contributed by atoms with E-state index in [0.717, 1.165) is 32.4 Å². The number of hydrogen-bond acceptors (Lipinski definition) is 3. The molecule has 0 saturated carbocycles. The van der Waals surface area contributed by atoms with E-state index in [2.05, 4.69) is 18.5 Å². The van der Waals surface area contributed by atoms with Gasteiger partial charge in [-0.15, -0.1) is 6.58 Å². The van der Waals surface area contributed by atoms with Crippen molar-refractivity contribution in [2.75, 3.05) is 27.2 Å². The van der Waals surface area contributed by atoms with Crippen LogP contribution in [0, 0.1) is 11.8 Å². The molecule has 17 heavy (non-hydrogen) atoms. The number of hydrogen-bond donors (Lipinski definition) is 0. The lowest BCUT2D eigenvalue weighted by molar-refractivity contribution is -0.149. The number of rotatable bonds is 6. The van der Waals surface area contributed by atoms with Crippen LogP contribution < -0.4 is 0 Å². The molecule has 1 fully saturated rings. The van der Waals surface area contributed by atoms with E-state index in [0.29, 0.717) is 5.92 Å². The summed E-state index contributed by atoms with van der Waals surface area (Å²) in [7, 11) is 3.57. The number of carbonyl (C=O) groups is 1. The predicted octanol–water partition coefficient (Wildman–Crippen LogP) is 2.47. The van der Waals surface area contributed by atoms with Crippen molar-refractivity contribution in [2.24, 2.45) is 11.8 Å². The summed E-state index contributed by atoms with van der Waals surface area (Å²) >= 11 is 0. The smallest absolute Gasteiger partial charge is 0.310 e. The fourth-order valence-electron chi connectivity index (χ4n) is 2.62. The molecule has 3 nitrogen and oxygen atoms in total. The number of methoxy groups -OCH3 is 1. The first kappa shape index (κ1) is 14.2. The first-order valence-corrected chi connectivity index (χ1v) is 6.56. The molecular formula is C14H25NO2. The lowest BCUT2D eigenvalue weighted by Crippen LogP contribution is -2.42. The molecule has 1 aliphatic rings. The molecule has 1 rings (SSSR count). The molecule has 1 saturated heterocycles. The van der Waals surface area contributed by atoms with Crippen LogP contribution in [-0.4, -0.2) is 38.1 Å². The molecular weight excluding hydrogens is 214 g/mol. The van der Waals surface area contributed by atoms with Gasteiger partial charge in [0.25, 0.3) is 0 Å². The Morgan fingerprint density at radius 2 is 2.29 bits per heavy atom. The highest BCUT2D eigenvalue weighted by Crippen LogP contribution is 2.28. The van der Waals surface area contributed by atoms with Crippen molar-refractivity contribution in [1.82, 2.24) is 4.90 Å². The van der Waals surface area contributed by atoms with E-state index in [1.165, 1.54) is 20.0 Å². The molecule has 0 bridgehead atoms. The van der Waals surface area contributed by atoms with E-state index >= 15 is 0 Å². The maximum atomic E-state index is 11.7. The van der Waals surface area contributed by atoms with E-state index in [9.17, 15) is 4.79 Å². The van der Waals surface area contributed by atoms with Crippen LogP contribution in [0.4, 0.5) is 0 Å². The van der Waals surface area contributed by atoms with Crippen molar-refractivity contribution in [2.45, 2.75) is 32.1 Å². The van der Waals surface area contributed by atoms with Crippen LogP contribution in [-0.2, 0) is 9.53 Å². The molecule has 0 N–H and O–H groups in total. The molecule has 0 aromatic heterocycles. The molecule has 0 aliphatic carbocycles. The van der Waals surface area contributed by atoms with Crippen LogP contribution in [0.25, 0.3) is 0 Å². The molecule has 0 aromatic carbocycles. The second-order valence-corrected chi connectivity index (χ2v) is 5.01. The fourth-order valence-corrected chi connectivity index (χ4v) is 2.62. The van der Waals surface area contributed by atoms with Gasteiger partial charge in [0.05, 0.1) is 13.0 Å². The summed E-state index contributed by atoms with van der Waals surface area (Å²) in [6, 6.07) is 0. The maximum Gasteiger partial charge on any atom is 0.310 e. The van der Waals surface area contributed by atoms with Gasteiger partial charge in [-0.25, -0.2) is 0 Å². The third-order valence-corrected chi connectivity index (χ3v) is 3.70. The van der Waals surface area contributed by atoms with Crippen molar-refractivity contribution in [3.05, 3.63) is 12.7 Å². The minimum absolute atomic E-state index is 0.0368. The largest absolute Gasteiger partial charge is 0.469 e. The minimum Gasteiger partial charge on any atom is -0.469 e. The van der Waals surface area contributed by atoms with Crippen molar-refractivity contribution in [3.8, 4) is 0 Å². The molecule has 0 aromatic rings. The van der Waals surface area contributed by atoms with Crippen molar-refractivity contribution >= 4 is 5.97 Å². The van der Waals surface area contributed by atoms with Gasteiger partial charge in [0.2, 0.25) is 0 Å². The lowest BCUT2D eigenvalue weighted by Gasteiger charge is -2.35. The topological polar surface area (TPSA) is 29.5 Å². The van der Waals surface area contributed by atoms with Gasteiger partial charge in [-0.2, -0.15) is 0 Å². The molecule has 3 heteroatoms. The minimum atomic E-state index is -0.0368. The van der Waals surface area contributed by atoms with Crippen molar-refractivity contribution in [1.29, 1.82) is 0 Å². The fraction of sp³-hybridized carbons (Fsp3) is 0.786. The Bertz CT molecular complexity index is 253. The summed E-state index contributed by atoms with van der Waals surface area (Å²) in [6.07, 6.45) is 7.67. The number of unbranched alkanes of at least 4 members (excludes halogenated alkanes) is 2. The van der Waals surface area contributed by atoms with Gasteiger partial charge in [-0.05, 0) is 45.2 Å². The van der Waals surface area contributed by atoms with E-state index < -0.39 is 0 Å². The van der Waals surface area contributed by atoms with Crippen molar-refractivity contribution in [3.63, 3.8) is 0 Å². The summed E-state index contributed by atoms with van der Waals surface area (Å²) in [4.78, 5) is 14.0. The molecule has 1 aliphatic heterocycles. The second kappa shape index (κ2) is 7.49. The Hall–Kier alpha value is -0.830. The summed E-state index contributed by atoms with van der Waals surface area (Å²) in [6.45, 7) is 5.67. The SMILES string of the molecule is C=CCCCC[C@H]1CCN(C)C[C@H]1C(=O)OC. The van der Waals surface area contributed by atoms with E-state index in [1.807, 2.05) is 6.08 Å². The summed E-state index contributed by atoms with van der Waals surface area (Å²) in [5.41, 5.74) is 0. The van der Waals surface area contributed by atoms with Gasteiger partial charge in [0.15, 0.2) is 0 Å². The third kappa shape index (κ3) is 4.50. The summed E-state index contributed by atoms with van der Waals surface area (Å²) in [5.74, 6) is 0.538. The van der Waals surface area contributed by atoms with E-state index in [4.69, 9.17) is 4.74 Å². The summed E-state index contributed by atoms with van der Waals surface area (Å²) in [5, 5.41) is 0. The number of piperidine rings is 1. The van der Waals surface area contributed by atoms with Crippen LogP contribution >= 0.6 is 0 Å². The normalized spacial score (nSPS) is 25.5. The number of carbonyl (C=O) groups excluding carboxylic acids is 1. The number of esters is 1. The molecule has 0 radical (unpaired) electrons. The number of ether oxygens (including phenoxy) is 1. The standard InChI is InChI=1S/C14H25NO2/c1-4-5-6-7-8-12-9-10-15(2)11-13(12)14(16)17-3/h4,12-13H,1,5-11H2,2-3H3/t12-,13+/m0/s1. The lowest BCUT2D eigenvalue weighted by atomic mass is 9.82. The van der Waals surface area contributed by atoms with Crippen LogP contribution in [0.15, 0.2) is 12.7 Å². The van der Waals surface area contributed by atoms with Gasteiger partial charge in [0, 0.05) is 6.54 Å². The number of nitrogens with zero attached hydrogens (tertiary/aromatic N) is 1. The third-order valence-electron chi connectivity index (χ3n) is 3.70. The van der Waals surface area contributed by atoms with Gasteiger partial charge >= 0.3 is 5.97 Å². The van der Waals surface area contributed by atoms with Crippen LogP contribution in [0.3, 0.4) is 0 Å². The number of likely N-dealkylation sites (tertiary alicyclic amines) is 1. The van der Waals surface area contributed by atoms with Crippen molar-refractivity contribution < 1.29 is 9.53 Å². The van der Waals surface area contributed by atoms with Gasteiger partial charge in [-0.1, -0.05) is 12.5 Å².